The molecule has 0 N–H and O–H groups in total. The number of alkyl halides is 1. The Hall–Kier alpha value is -0.970. The number of carbonyl (C=O) groups is 1. The zero-order valence-electron chi connectivity index (χ0n) is 10.5. The normalized spacial score (nSPS) is 10.4. The molecule has 0 unspecified atom stereocenters. The molecule has 0 fully saturated rings. The minimum absolute atomic E-state index is 0.0453. The van der Waals surface area contributed by atoms with Crippen molar-refractivity contribution in [2.45, 2.75) is 27.2 Å². The van der Waals surface area contributed by atoms with Crippen LogP contribution in [-0.4, -0.2) is 39.4 Å². The van der Waals surface area contributed by atoms with Gasteiger partial charge in [-0.15, -0.1) is 0 Å². The SMILES string of the molecule is CCN(CCCBr)C(=O)c1cc(C)nnc1C. The Labute approximate surface area is 111 Å². The van der Waals surface area contributed by atoms with E-state index in [9.17, 15) is 4.79 Å². The van der Waals surface area contributed by atoms with E-state index in [2.05, 4.69) is 26.1 Å². The van der Waals surface area contributed by atoms with Crippen molar-refractivity contribution in [2.75, 3.05) is 18.4 Å². The van der Waals surface area contributed by atoms with Crippen LogP contribution in [0.2, 0.25) is 0 Å². The molecule has 0 aromatic carbocycles. The third kappa shape index (κ3) is 3.77. The van der Waals surface area contributed by atoms with Gasteiger partial charge in [-0.05, 0) is 33.3 Å². The maximum atomic E-state index is 12.3. The van der Waals surface area contributed by atoms with Gasteiger partial charge in [0.05, 0.1) is 17.0 Å². The number of aromatic nitrogens is 2. The first-order valence-electron chi connectivity index (χ1n) is 5.76. The number of hydrogen-bond donors (Lipinski definition) is 0. The van der Waals surface area contributed by atoms with Crippen LogP contribution in [0.1, 0.15) is 35.1 Å². The summed E-state index contributed by atoms with van der Waals surface area (Å²) in [7, 11) is 0. The fourth-order valence-corrected chi connectivity index (χ4v) is 1.84. The van der Waals surface area contributed by atoms with Gasteiger partial charge in [-0.3, -0.25) is 4.79 Å². The average molecular weight is 300 g/mol. The molecular formula is C12H18BrN3O. The number of aryl methyl sites for hydroxylation is 2. The van der Waals surface area contributed by atoms with E-state index >= 15 is 0 Å². The van der Waals surface area contributed by atoms with E-state index in [1.165, 1.54) is 0 Å². The van der Waals surface area contributed by atoms with Crippen molar-refractivity contribution < 1.29 is 4.79 Å². The molecule has 0 spiro atoms. The highest BCUT2D eigenvalue weighted by Gasteiger charge is 2.17. The maximum absolute atomic E-state index is 12.3. The zero-order valence-corrected chi connectivity index (χ0v) is 12.1. The summed E-state index contributed by atoms with van der Waals surface area (Å²) in [5.74, 6) is 0.0453. The van der Waals surface area contributed by atoms with Gasteiger partial charge in [0.25, 0.3) is 5.91 Å². The van der Waals surface area contributed by atoms with E-state index in [-0.39, 0.29) is 5.91 Å². The summed E-state index contributed by atoms with van der Waals surface area (Å²) in [6, 6.07) is 1.81. The summed E-state index contributed by atoms with van der Waals surface area (Å²) < 4.78 is 0. The van der Waals surface area contributed by atoms with Crippen LogP contribution in [-0.2, 0) is 0 Å². The van der Waals surface area contributed by atoms with Crippen LogP contribution in [0.15, 0.2) is 6.07 Å². The Bertz CT molecular complexity index is 395. The molecule has 0 aliphatic heterocycles. The van der Waals surface area contributed by atoms with Gasteiger partial charge in [-0.1, -0.05) is 15.9 Å². The van der Waals surface area contributed by atoms with Crippen LogP contribution in [0.4, 0.5) is 0 Å². The monoisotopic (exact) mass is 299 g/mol. The number of rotatable bonds is 5. The highest BCUT2D eigenvalue weighted by molar-refractivity contribution is 9.09. The van der Waals surface area contributed by atoms with Crippen molar-refractivity contribution >= 4 is 21.8 Å². The van der Waals surface area contributed by atoms with Crippen molar-refractivity contribution in [3.63, 3.8) is 0 Å². The summed E-state index contributed by atoms with van der Waals surface area (Å²) in [6.45, 7) is 7.13. The van der Waals surface area contributed by atoms with Crippen LogP contribution in [0.5, 0.6) is 0 Å². The molecule has 94 valence electrons. The number of halogens is 1. The molecule has 4 nitrogen and oxygen atoms in total. The van der Waals surface area contributed by atoms with Crippen LogP contribution < -0.4 is 0 Å². The zero-order chi connectivity index (χ0) is 12.8. The van der Waals surface area contributed by atoms with Crippen molar-refractivity contribution in [2.24, 2.45) is 0 Å². The molecule has 0 saturated carbocycles. The smallest absolute Gasteiger partial charge is 0.255 e. The van der Waals surface area contributed by atoms with E-state index in [1.807, 2.05) is 31.7 Å². The minimum atomic E-state index is 0.0453. The Morgan fingerprint density at radius 3 is 2.71 bits per heavy atom. The molecule has 17 heavy (non-hydrogen) atoms. The molecule has 1 amide bonds. The van der Waals surface area contributed by atoms with E-state index in [4.69, 9.17) is 0 Å². The van der Waals surface area contributed by atoms with Gasteiger partial charge >= 0.3 is 0 Å². The van der Waals surface area contributed by atoms with E-state index < -0.39 is 0 Å². The topological polar surface area (TPSA) is 46.1 Å². The molecule has 0 aliphatic rings. The first-order valence-corrected chi connectivity index (χ1v) is 6.88. The quantitative estimate of drug-likeness (QED) is 0.784. The van der Waals surface area contributed by atoms with Crippen molar-refractivity contribution in [3.8, 4) is 0 Å². The Morgan fingerprint density at radius 2 is 2.12 bits per heavy atom. The Kier molecular flexibility index (Phi) is 5.55. The fourth-order valence-electron chi connectivity index (χ4n) is 1.59. The van der Waals surface area contributed by atoms with Gasteiger partial charge in [0.1, 0.15) is 0 Å². The fraction of sp³-hybridized carbons (Fsp3) is 0.583. The average Bonchev–Trinajstić information content (AvgIpc) is 2.33. The van der Waals surface area contributed by atoms with Gasteiger partial charge in [0, 0.05) is 18.4 Å². The van der Waals surface area contributed by atoms with Gasteiger partial charge in [0.15, 0.2) is 0 Å². The molecule has 0 aliphatic carbocycles. The van der Waals surface area contributed by atoms with Crippen LogP contribution >= 0.6 is 15.9 Å². The number of carbonyl (C=O) groups excluding carboxylic acids is 1. The third-order valence-electron chi connectivity index (χ3n) is 2.56. The highest BCUT2D eigenvalue weighted by Crippen LogP contribution is 2.10. The van der Waals surface area contributed by atoms with Crippen LogP contribution in [0.3, 0.4) is 0 Å². The molecule has 1 heterocycles. The van der Waals surface area contributed by atoms with Crippen LogP contribution in [0, 0.1) is 13.8 Å². The first-order chi connectivity index (χ1) is 8.10. The molecule has 0 bridgehead atoms. The van der Waals surface area contributed by atoms with Gasteiger partial charge in [-0.2, -0.15) is 10.2 Å². The molecular weight excluding hydrogens is 282 g/mol. The Morgan fingerprint density at radius 1 is 1.41 bits per heavy atom. The lowest BCUT2D eigenvalue weighted by Crippen LogP contribution is -2.32. The van der Waals surface area contributed by atoms with Crippen molar-refractivity contribution in [3.05, 3.63) is 23.0 Å². The van der Waals surface area contributed by atoms with Crippen molar-refractivity contribution in [1.82, 2.24) is 15.1 Å². The number of amides is 1. The lowest BCUT2D eigenvalue weighted by atomic mass is 10.1. The van der Waals surface area contributed by atoms with Crippen molar-refractivity contribution in [1.29, 1.82) is 0 Å². The van der Waals surface area contributed by atoms with E-state index in [0.717, 1.165) is 24.0 Å². The van der Waals surface area contributed by atoms with E-state index in [0.29, 0.717) is 17.8 Å². The largest absolute Gasteiger partial charge is 0.339 e. The van der Waals surface area contributed by atoms with Crippen LogP contribution in [0.25, 0.3) is 0 Å². The molecule has 1 rings (SSSR count). The second-order valence-corrected chi connectivity index (χ2v) is 4.71. The maximum Gasteiger partial charge on any atom is 0.255 e. The molecule has 1 aromatic rings. The lowest BCUT2D eigenvalue weighted by Gasteiger charge is -2.21. The summed E-state index contributed by atoms with van der Waals surface area (Å²) >= 11 is 3.38. The summed E-state index contributed by atoms with van der Waals surface area (Å²) in [6.07, 6.45) is 0.954. The summed E-state index contributed by atoms with van der Waals surface area (Å²) in [5, 5.41) is 8.84. The standard InChI is InChI=1S/C12H18BrN3O/c1-4-16(7-5-6-13)12(17)11-8-9(2)14-15-10(11)3/h8H,4-7H2,1-3H3. The molecule has 1 aromatic heterocycles. The molecule has 0 radical (unpaired) electrons. The van der Waals surface area contributed by atoms with Gasteiger partial charge in [-0.25, -0.2) is 0 Å². The number of hydrogen-bond acceptors (Lipinski definition) is 3. The first kappa shape index (κ1) is 14.1. The lowest BCUT2D eigenvalue weighted by molar-refractivity contribution is 0.0763. The Balaban J connectivity index is 2.89. The second kappa shape index (κ2) is 6.69. The summed E-state index contributed by atoms with van der Waals surface area (Å²) in [5.41, 5.74) is 2.13. The summed E-state index contributed by atoms with van der Waals surface area (Å²) in [4.78, 5) is 14.1. The van der Waals surface area contributed by atoms with E-state index in [1.54, 1.807) is 0 Å². The molecule has 0 saturated heterocycles. The second-order valence-electron chi connectivity index (χ2n) is 3.91. The third-order valence-corrected chi connectivity index (χ3v) is 3.12. The minimum Gasteiger partial charge on any atom is -0.339 e. The molecule has 0 atom stereocenters. The number of nitrogens with zero attached hydrogens (tertiary/aromatic N) is 3. The predicted octanol–water partition coefficient (Wildman–Crippen LogP) is 2.34. The predicted molar refractivity (Wildman–Crippen MR) is 71.5 cm³/mol. The van der Waals surface area contributed by atoms with Gasteiger partial charge in [0.2, 0.25) is 0 Å². The van der Waals surface area contributed by atoms with Gasteiger partial charge < -0.3 is 4.90 Å². The highest BCUT2D eigenvalue weighted by atomic mass is 79.9. The molecule has 5 heteroatoms.